The number of likely N-dealkylation sites (N-methyl/N-ethyl adjacent to an activating group) is 1. The van der Waals surface area contributed by atoms with Gasteiger partial charge in [-0.1, -0.05) is 13.8 Å². The van der Waals surface area contributed by atoms with Crippen molar-refractivity contribution in [2.45, 2.75) is 52.1 Å². The fourth-order valence-electron chi connectivity index (χ4n) is 2.73. The van der Waals surface area contributed by atoms with Gasteiger partial charge in [0.2, 0.25) is 0 Å². The van der Waals surface area contributed by atoms with Crippen LogP contribution in [0.25, 0.3) is 0 Å². The molecule has 1 aliphatic rings. The Kier molecular flexibility index (Phi) is 4.39. The van der Waals surface area contributed by atoms with E-state index in [1.807, 2.05) is 0 Å². The molecule has 0 aromatic rings. The van der Waals surface area contributed by atoms with Crippen LogP contribution in [0.4, 0.5) is 0 Å². The van der Waals surface area contributed by atoms with E-state index in [-0.39, 0.29) is 6.61 Å². The van der Waals surface area contributed by atoms with Crippen molar-refractivity contribution >= 4 is 0 Å². The van der Waals surface area contributed by atoms with Crippen LogP contribution in [0.2, 0.25) is 0 Å². The van der Waals surface area contributed by atoms with E-state index in [0.717, 1.165) is 11.8 Å². The van der Waals surface area contributed by atoms with Gasteiger partial charge in [-0.25, -0.2) is 0 Å². The highest BCUT2D eigenvalue weighted by Crippen LogP contribution is 2.31. The summed E-state index contributed by atoms with van der Waals surface area (Å²) in [6.07, 6.45) is 3.97. The van der Waals surface area contributed by atoms with Crippen LogP contribution in [0.1, 0.15) is 40.0 Å². The minimum Gasteiger partial charge on any atom is -0.395 e. The molecule has 0 spiro atoms. The third-order valence-corrected chi connectivity index (χ3v) is 3.69. The minimum atomic E-state index is 0.274. The van der Waals surface area contributed by atoms with E-state index in [1.54, 1.807) is 0 Å². The predicted octanol–water partition coefficient (Wildman–Crippen LogP) is 2.12. The summed E-state index contributed by atoms with van der Waals surface area (Å²) in [6, 6.07) is 0.980. The van der Waals surface area contributed by atoms with Gasteiger partial charge in [-0.15, -0.1) is 0 Å². The zero-order chi connectivity index (χ0) is 10.7. The molecule has 0 heterocycles. The van der Waals surface area contributed by atoms with Gasteiger partial charge in [-0.2, -0.15) is 0 Å². The second kappa shape index (κ2) is 5.13. The number of rotatable bonds is 3. The first-order valence-electron chi connectivity index (χ1n) is 5.87. The molecule has 0 aromatic carbocycles. The summed E-state index contributed by atoms with van der Waals surface area (Å²) >= 11 is 0. The van der Waals surface area contributed by atoms with Gasteiger partial charge in [0.1, 0.15) is 0 Å². The fraction of sp³-hybridized carbons (Fsp3) is 1.00. The molecule has 0 radical (unpaired) electrons. The SMILES string of the molecule is CC1CC(C)CC(N(C)C(C)CO)C1. The third-order valence-electron chi connectivity index (χ3n) is 3.69. The first-order valence-corrected chi connectivity index (χ1v) is 5.87. The van der Waals surface area contributed by atoms with Crippen LogP contribution < -0.4 is 0 Å². The molecule has 0 amide bonds. The normalized spacial score (nSPS) is 36.0. The molecule has 0 bridgehead atoms. The summed E-state index contributed by atoms with van der Waals surface area (Å²) in [5.74, 6) is 1.69. The summed E-state index contributed by atoms with van der Waals surface area (Å²) in [5.41, 5.74) is 0. The van der Waals surface area contributed by atoms with Crippen molar-refractivity contribution in [1.29, 1.82) is 0 Å². The van der Waals surface area contributed by atoms with Gasteiger partial charge < -0.3 is 5.11 Å². The van der Waals surface area contributed by atoms with Crippen molar-refractivity contribution in [3.8, 4) is 0 Å². The molecule has 3 unspecified atom stereocenters. The van der Waals surface area contributed by atoms with Gasteiger partial charge in [0.25, 0.3) is 0 Å². The first-order chi connectivity index (χ1) is 6.54. The molecule has 1 rings (SSSR count). The molecule has 14 heavy (non-hydrogen) atoms. The van der Waals surface area contributed by atoms with Crippen molar-refractivity contribution in [2.24, 2.45) is 11.8 Å². The molecule has 0 saturated heterocycles. The van der Waals surface area contributed by atoms with Crippen molar-refractivity contribution < 1.29 is 5.11 Å². The molecule has 0 aromatic heterocycles. The first kappa shape index (κ1) is 12.0. The Hall–Kier alpha value is -0.0800. The smallest absolute Gasteiger partial charge is 0.0584 e. The Balaban J connectivity index is 2.50. The maximum Gasteiger partial charge on any atom is 0.0584 e. The molecule has 1 aliphatic carbocycles. The van der Waals surface area contributed by atoms with Crippen molar-refractivity contribution in [2.75, 3.05) is 13.7 Å². The Morgan fingerprint density at radius 3 is 2.14 bits per heavy atom. The maximum atomic E-state index is 9.13. The molecular formula is C12H25NO. The van der Waals surface area contributed by atoms with Crippen LogP contribution in [0.5, 0.6) is 0 Å². The zero-order valence-corrected chi connectivity index (χ0v) is 10.0. The lowest BCUT2D eigenvalue weighted by Gasteiger charge is -2.39. The lowest BCUT2D eigenvalue weighted by atomic mass is 9.79. The van der Waals surface area contributed by atoms with Crippen molar-refractivity contribution in [3.63, 3.8) is 0 Å². The number of hydrogen-bond donors (Lipinski definition) is 1. The Morgan fingerprint density at radius 2 is 1.71 bits per heavy atom. The number of nitrogens with zero attached hydrogens (tertiary/aromatic N) is 1. The summed E-state index contributed by atoms with van der Waals surface area (Å²) in [6.45, 7) is 7.07. The van der Waals surface area contributed by atoms with Crippen LogP contribution in [0.15, 0.2) is 0 Å². The predicted molar refractivity (Wildman–Crippen MR) is 60.3 cm³/mol. The van der Waals surface area contributed by atoms with E-state index in [0.29, 0.717) is 12.1 Å². The molecule has 84 valence electrons. The van der Waals surface area contributed by atoms with E-state index in [1.165, 1.54) is 19.3 Å². The highest BCUT2D eigenvalue weighted by molar-refractivity contribution is 4.82. The fourth-order valence-corrected chi connectivity index (χ4v) is 2.73. The minimum absolute atomic E-state index is 0.274. The highest BCUT2D eigenvalue weighted by atomic mass is 16.3. The average Bonchev–Trinajstić information content (AvgIpc) is 2.14. The van der Waals surface area contributed by atoms with E-state index in [2.05, 4.69) is 32.7 Å². The molecule has 2 heteroatoms. The second-order valence-electron chi connectivity index (χ2n) is 5.27. The van der Waals surface area contributed by atoms with Crippen LogP contribution in [-0.4, -0.2) is 35.7 Å². The molecule has 2 nitrogen and oxygen atoms in total. The monoisotopic (exact) mass is 199 g/mol. The topological polar surface area (TPSA) is 23.5 Å². The van der Waals surface area contributed by atoms with Crippen LogP contribution in [-0.2, 0) is 0 Å². The lowest BCUT2D eigenvalue weighted by Crippen LogP contribution is -2.44. The quantitative estimate of drug-likeness (QED) is 0.752. The molecule has 1 saturated carbocycles. The summed E-state index contributed by atoms with van der Waals surface area (Å²) in [7, 11) is 2.15. The molecule has 3 atom stereocenters. The van der Waals surface area contributed by atoms with Gasteiger partial charge in [0.15, 0.2) is 0 Å². The Labute approximate surface area is 88.3 Å². The second-order valence-corrected chi connectivity index (χ2v) is 5.27. The van der Waals surface area contributed by atoms with Crippen molar-refractivity contribution in [3.05, 3.63) is 0 Å². The van der Waals surface area contributed by atoms with E-state index < -0.39 is 0 Å². The number of hydrogen-bond acceptors (Lipinski definition) is 2. The molecule has 1 N–H and O–H groups in total. The van der Waals surface area contributed by atoms with Crippen LogP contribution in [0.3, 0.4) is 0 Å². The van der Waals surface area contributed by atoms with Gasteiger partial charge in [0.05, 0.1) is 6.61 Å². The van der Waals surface area contributed by atoms with Gasteiger partial charge in [-0.05, 0) is 45.1 Å². The number of aliphatic hydroxyl groups excluding tert-OH is 1. The van der Waals surface area contributed by atoms with Crippen molar-refractivity contribution in [1.82, 2.24) is 4.90 Å². The lowest BCUT2D eigenvalue weighted by molar-refractivity contribution is 0.0724. The Morgan fingerprint density at radius 1 is 1.21 bits per heavy atom. The molecule has 0 aliphatic heterocycles. The highest BCUT2D eigenvalue weighted by Gasteiger charge is 2.28. The van der Waals surface area contributed by atoms with Gasteiger partial charge in [0, 0.05) is 12.1 Å². The summed E-state index contributed by atoms with van der Waals surface area (Å²) < 4.78 is 0. The summed E-state index contributed by atoms with van der Waals surface area (Å²) in [4.78, 5) is 2.35. The third kappa shape index (κ3) is 2.96. The Bertz CT molecular complexity index is 162. The van der Waals surface area contributed by atoms with Crippen LogP contribution in [0, 0.1) is 11.8 Å². The zero-order valence-electron chi connectivity index (χ0n) is 10.0. The maximum absolute atomic E-state index is 9.13. The standard InChI is InChI=1S/C12H25NO/c1-9-5-10(2)7-12(6-9)13(4)11(3)8-14/h9-12,14H,5-8H2,1-4H3. The average molecular weight is 199 g/mol. The van der Waals surface area contributed by atoms with Gasteiger partial charge >= 0.3 is 0 Å². The van der Waals surface area contributed by atoms with E-state index in [9.17, 15) is 0 Å². The van der Waals surface area contributed by atoms with Crippen LogP contribution >= 0.6 is 0 Å². The van der Waals surface area contributed by atoms with E-state index in [4.69, 9.17) is 5.11 Å². The summed E-state index contributed by atoms with van der Waals surface area (Å²) in [5, 5.41) is 9.13. The number of aliphatic hydroxyl groups is 1. The largest absolute Gasteiger partial charge is 0.395 e. The van der Waals surface area contributed by atoms with E-state index >= 15 is 0 Å². The molecule has 1 fully saturated rings. The van der Waals surface area contributed by atoms with Gasteiger partial charge in [-0.3, -0.25) is 4.90 Å². The molecular weight excluding hydrogens is 174 g/mol.